The van der Waals surface area contributed by atoms with Crippen molar-refractivity contribution in [2.75, 3.05) is 0 Å². The molecule has 2 aromatic rings. The largest absolute Gasteiger partial charge is 0.326 e. The number of rotatable bonds is 3. The molecule has 0 bridgehead atoms. The number of aliphatic imine (C=N–C) groups is 1. The molecular weight excluding hydrogens is 326 g/mol. The summed E-state index contributed by atoms with van der Waals surface area (Å²) in [6, 6.07) is 15.5. The third kappa shape index (κ3) is 3.04. The lowest BCUT2D eigenvalue weighted by molar-refractivity contribution is -0.384. The van der Waals surface area contributed by atoms with Crippen LogP contribution < -0.4 is 0 Å². The highest BCUT2D eigenvalue weighted by Crippen LogP contribution is 2.39. The van der Waals surface area contributed by atoms with Gasteiger partial charge in [0.25, 0.3) is 5.69 Å². The predicted octanol–water partition coefficient (Wildman–Crippen LogP) is 4.87. The van der Waals surface area contributed by atoms with Crippen LogP contribution in [0.1, 0.15) is 35.2 Å². The summed E-state index contributed by atoms with van der Waals surface area (Å²) in [7, 11) is 0. The highest BCUT2D eigenvalue weighted by Gasteiger charge is 2.31. The normalized spacial score (nSPS) is 21.3. The van der Waals surface area contributed by atoms with Crippen LogP contribution >= 0.6 is 0 Å². The van der Waals surface area contributed by atoms with Crippen LogP contribution in [0.4, 0.5) is 5.69 Å². The van der Waals surface area contributed by atoms with Gasteiger partial charge >= 0.3 is 0 Å². The van der Waals surface area contributed by atoms with Crippen molar-refractivity contribution < 1.29 is 4.92 Å². The summed E-state index contributed by atoms with van der Waals surface area (Å²) in [5.74, 6) is 0.924. The first kappa shape index (κ1) is 16.3. The summed E-state index contributed by atoms with van der Waals surface area (Å²) >= 11 is 0. The number of amidine groups is 1. The lowest BCUT2D eigenvalue weighted by atomic mass is 9.91. The Morgan fingerprint density at radius 3 is 2.42 bits per heavy atom. The lowest BCUT2D eigenvalue weighted by Crippen LogP contribution is -2.35. The molecule has 0 spiro atoms. The Labute approximate surface area is 152 Å². The van der Waals surface area contributed by atoms with Gasteiger partial charge in [0.2, 0.25) is 0 Å². The van der Waals surface area contributed by atoms with Crippen molar-refractivity contribution >= 4 is 11.5 Å². The van der Waals surface area contributed by atoms with Crippen molar-refractivity contribution in [1.82, 2.24) is 4.90 Å². The number of hydrogen-bond donors (Lipinski definition) is 0. The molecule has 5 nitrogen and oxygen atoms in total. The van der Waals surface area contributed by atoms with Gasteiger partial charge in [-0.2, -0.15) is 0 Å². The zero-order valence-corrected chi connectivity index (χ0v) is 14.4. The summed E-state index contributed by atoms with van der Waals surface area (Å²) in [6.07, 6.45) is 8.91. The van der Waals surface area contributed by atoms with Gasteiger partial charge in [-0.25, -0.2) is 0 Å². The molecule has 2 unspecified atom stereocenters. The van der Waals surface area contributed by atoms with E-state index in [2.05, 4.69) is 42.3 Å². The minimum absolute atomic E-state index is 0.0236. The zero-order chi connectivity index (χ0) is 18.1. The summed E-state index contributed by atoms with van der Waals surface area (Å²) in [6.45, 7) is 2.08. The van der Waals surface area contributed by atoms with E-state index < -0.39 is 0 Å². The van der Waals surface area contributed by atoms with E-state index in [1.165, 1.54) is 11.1 Å². The summed E-state index contributed by atoms with van der Waals surface area (Å²) in [4.78, 5) is 17.6. The second-order valence-electron chi connectivity index (χ2n) is 6.62. The third-order valence-corrected chi connectivity index (χ3v) is 4.89. The first-order valence-corrected chi connectivity index (χ1v) is 8.64. The molecule has 2 aliphatic rings. The molecular formula is C21H19N3O2. The average Bonchev–Trinajstić information content (AvgIpc) is 2.68. The van der Waals surface area contributed by atoms with E-state index in [0.29, 0.717) is 0 Å². The van der Waals surface area contributed by atoms with Crippen LogP contribution in [0.25, 0.3) is 0 Å². The number of nitrogens with zero attached hydrogens (tertiary/aromatic N) is 3. The number of nitro groups is 1. The number of nitro benzene ring substituents is 1. The van der Waals surface area contributed by atoms with E-state index >= 15 is 0 Å². The quantitative estimate of drug-likeness (QED) is 0.589. The Morgan fingerprint density at radius 1 is 1.04 bits per heavy atom. The van der Waals surface area contributed by atoms with Crippen LogP contribution in [-0.4, -0.2) is 15.7 Å². The van der Waals surface area contributed by atoms with Gasteiger partial charge in [-0.15, -0.1) is 0 Å². The van der Waals surface area contributed by atoms with Crippen molar-refractivity contribution in [1.29, 1.82) is 0 Å². The highest BCUT2D eigenvalue weighted by molar-refractivity contribution is 5.95. The molecule has 0 saturated carbocycles. The van der Waals surface area contributed by atoms with Gasteiger partial charge in [0, 0.05) is 18.3 Å². The average molecular weight is 345 g/mol. The van der Waals surface area contributed by atoms with E-state index in [1.807, 2.05) is 30.4 Å². The third-order valence-electron chi connectivity index (χ3n) is 4.89. The topological polar surface area (TPSA) is 58.7 Å². The fourth-order valence-corrected chi connectivity index (χ4v) is 3.47. The Kier molecular flexibility index (Phi) is 4.13. The molecule has 0 aliphatic carbocycles. The first-order valence-electron chi connectivity index (χ1n) is 8.64. The highest BCUT2D eigenvalue weighted by atomic mass is 16.6. The molecule has 4 rings (SSSR count). The van der Waals surface area contributed by atoms with Gasteiger partial charge in [-0.3, -0.25) is 15.1 Å². The Morgan fingerprint density at radius 2 is 1.73 bits per heavy atom. The molecule has 0 amide bonds. The Hall–Kier alpha value is -3.21. The molecule has 2 aliphatic heterocycles. The summed E-state index contributed by atoms with van der Waals surface area (Å²) in [5.41, 5.74) is 3.59. The molecule has 0 radical (unpaired) electrons. The van der Waals surface area contributed by atoms with Gasteiger partial charge in [-0.05, 0) is 36.6 Å². The molecule has 0 saturated heterocycles. The van der Waals surface area contributed by atoms with Crippen molar-refractivity contribution in [3.05, 3.63) is 99.8 Å². The van der Waals surface area contributed by atoms with Gasteiger partial charge < -0.3 is 4.90 Å². The SMILES string of the molecule is Cc1ccc(C2CC(c3ccc([N+](=O)[O-])cc3)N=C3C=CC=CN32)cc1. The maximum atomic E-state index is 10.9. The molecule has 5 heteroatoms. The molecule has 2 heterocycles. The molecule has 2 atom stereocenters. The fourth-order valence-electron chi connectivity index (χ4n) is 3.47. The van der Waals surface area contributed by atoms with Gasteiger partial charge in [0.05, 0.1) is 17.0 Å². The molecule has 0 aromatic heterocycles. The minimum atomic E-state index is -0.373. The van der Waals surface area contributed by atoms with Crippen LogP contribution in [0.5, 0.6) is 0 Å². The van der Waals surface area contributed by atoms with Crippen LogP contribution in [0, 0.1) is 17.0 Å². The maximum Gasteiger partial charge on any atom is 0.269 e. The number of benzene rings is 2. The van der Waals surface area contributed by atoms with Crippen LogP contribution in [0.15, 0.2) is 78.0 Å². The Balaban J connectivity index is 1.70. The maximum absolute atomic E-state index is 10.9. The molecule has 26 heavy (non-hydrogen) atoms. The van der Waals surface area contributed by atoms with Crippen molar-refractivity contribution in [3.63, 3.8) is 0 Å². The van der Waals surface area contributed by atoms with Crippen LogP contribution in [-0.2, 0) is 0 Å². The van der Waals surface area contributed by atoms with Crippen LogP contribution in [0.3, 0.4) is 0 Å². The second-order valence-corrected chi connectivity index (χ2v) is 6.62. The first-order chi connectivity index (χ1) is 12.6. The van der Waals surface area contributed by atoms with E-state index in [1.54, 1.807) is 12.1 Å². The predicted molar refractivity (Wildman–Crippen MR) is 102 cm³/mol. The number of allylic oxidation sites excluding steroid dienone is 2. The lowest BCUT2D eigenvalue weighted by Gasteiger charge is -2.38. The number of aryl methyl sites for hydroxylation is 1. The summed E-state index contributed by atoms with van der Waals surface area (Å²) in [5, 5.41) is 10.9. The minimum Gasteiger partial charge on any atom is -0.326 e. The zero-order valence-electron chi connectivity index (χ0n) is 14.4. The fraction of sp³-hybridized carbons (Fsp3) is 0.190. The monoisotopic (exact) mass is 345 g/mol. The number of non-ortho nitro benzene ring substituents is 1. The van der Waals surface area contributed by atoms with Crippen molar-refractivity contribution in [2.24, 2.45) is 4.99 Å². The molecule has 0 N–H and O–H groups in total. The van der Waals surface area contributed by atoms with E-state index in [4.69, 9.17) is 4.99 Å². The number of hydrogen-bond acceptors (Lipinski definition) is 4. The van der Waals surface area contributed by atoms with Crippen molar-refractivity contribution in [2.45, 2.75) is 25.4 Å². The molecule has 0 fully saturated rings. The van der Waals surface area contributed by atoms with E-state index in [-0.39, 0.29) is 22.7 Å². The number of fused-ring (bicyclic) bond motifs is 1. The standard InChI is InChI=1S/C21H19N3O2/c1-15-5-7-17(8-6-15)20-14-19(22-21-4-2-3-13-23(20)21)16-9-11-18(12-10-16)24(25)26/h2-13,19-20H,14H2,1H3. The van der Waals surface area contributed by atoms with Gasteiger partial charge in [-0.1, -0.05) is 48.0 Å². The van der Waals surface area contributed by atoms with E-state index in [9.17, 15) is 10.1 Å². The summed E-state index contributed by atoms with van der Waals surface area (Å²) < 4.78 is 0. The van der Waals surface area contributed by atoms with E-state index in [0.717, 1.165) is 17.8 Å². The second kappa shape index (κ2) is 6.59. The van der Waals surface area contributed by atoms with Gasteiger partial charge in [0.15, 0.2) is 0 Å². The van der Waals surface area contributed by atoms with Crippen molar-refractivity contribution in [3.8, 4) is 0 Å². The smallest absolute Gasteiger partial charge is 0.269 e. The molecule has 130 valence electrons. The van der Waals surface area contributed by atoms with Gasteiger partial charge in [0.1, 0.15) is 5.84 Å². The van der Waals surface area contributed by atoms with Crippen LogP contribution in [0.2, 0.25) is 0 Å². The molecule has 2 aromatic carbocycles. The Bertz CT molecular complexity index is 911.